The quantitative estimate of drug-likeness (QED) is 0.874. The van der Waals surface area contributed by atoms with Crippen molar-refractivity contribution in [2.24, 2.45) is 0 Å². The molecule has 1 N–H and O–H groups in total. The summed E-state index contributed by atoms with van der Waals surface area (Å²) >= 11 is 0. The van der Waals surface area contributed by atoms with Gasteiger partial charge in [-0.1, -0.05) is 18.6 Å². The number of carbonyl (C=O) groups is 1. The second-order valence-electron chi connectivity index (χ2n) is 5.88. The molecule has 1 unspecified atom stereocenters. The highest BCUT2D eigenvalue weighted by atomic mass is 19.1. The lowest BCUT2D eigenvalue weighted by Gasteiger charge is -2.32. The monoisotopic (exact) mass is 292 g/mol. The van der Waals surface area contributed by atoms with E-state index in [-0.39, 0.29) is 11.7 Å². The third kappa shape index (κ3) is 5.46. The van der Waals surface area contributed by atoms with E-state index in [0.29, 0.717) is 25.4 Å². The number of piperidine rings is 1. The summed E-state index contributed by atoms with van der Waals surface area (Å²) in [7, 11) is 0. The zero-order valence-electron chi connectivity index (χ0n) is 12.8. The summed E-state index contributed by atoms with van der Waals surface area (Å²) < 4.78 is 13.0. The molecule has 1 aliphatic rings. The Morgan fingerprint density at radius 2 is 2.10 bits per heavy atom. The Bertz CT molecular complexity index is 458. The number of likely N-dealkylation sites (tertiary alicyclic amines) is 1. The van der Waals surface area contributed by atoms with Crippen LogP contribution in [0.15, 0.2) is 24.3 Å². The van der Waals surface area contributed by atoms with Gasteiger partial charge in [0, 0.05) is 19.0 Å². The molecule has 0 aromatic heterocycles. The molecule has 0 spiro atoms. The minimum absolute atomic E-state index is 0.0446. The third-order valence-electron chi connectivity index (χ3n) is 4.14. The largest absolute Gasteiger partial charge is 0.355 e. The van der Waals surface area contributed by atoms with E-state index in [9.17, 15) is 9.18 Å². The van der Waals surface area contributed by atoms with Gasteiger partial charge < -0.3 is 5.32 Å². The minimum atomic E-state index is -0.244. The Kier molecular flexibility index (Phi) is 6.18. The van der Waals surface area contributed by atoms with E-state index < -0.39 is 0 Å². The summed E-state index contributed by atoms with van der Waals surface area (Å²) in [5, 5.41) is 2.99. The van der Waals surface area contributed by atoms with Gasteiger partial charge in [0.15, 0.2) is 0 Å². The number of nitrogens with one attached hydrogen (secondary N) is 1. The van der Waals surface area contributed by atoms with Crippen molar-refractivity contribution in [3.8, 4) is 0 Å². The standard InChI is InChI=1S/C17H25FN2O/c1-14(20-10-3-2-4-11-20)13-19-17(21)9-8-15-6-5-7-16(18)12-15/h5-7,12,14H,2-4,8-11,13H2,1H3,(H,19,21). The SMILES string of the molecule is CC(CNC(=O)CCc1cccc(F)c1)N1CCCCC1. The predicted octanol–water partition coefficient (Wildman–Crippen LogP) is 2.75. The minimum Gasteiger partial charge on any atom is -0.355 e. The van der Waals surface area contributed by atoms with E-state index in [1.807, 2.05) is 6.07 Å². The molecule has 0 aliphatic carbocycles. The summed E-state index contributed by atoms with van der Waals surface area (Å²) in [6.45, 7) is 5.14. The van der Waals surface area contributed by atoms with Gasteiger partial charge in [-0.3, -0.25) is 9.69 Å². The number of hydrogen-bond donors (Lipinski definition) is 1. The van der Waals surface area contributed by atoms with E-state index in [1.165, 1.54) is 31.4 Å². The maximum Gasteiger partial charge on any atom is 0.220 e. The summed E-state index contributed by atoms with van der Waals surface area (Å²) in [6, 6.07) is 6.84. The molecule has 1 fully saturated rings. The second-order valence-corrected chi connectivity index (χ2v) is 5.88. The van der Waals surface area contributed by atoms with Crippen molar-refractivity contribution in [1.29, 1.82) is 0 Å². The highest BCUT2D eigenvalue weighted by Gasteiger charge is 2.16. The summed E-state index contributed by atoms with van der Waals surface area (Å²) in [6.07, 6.45) is 4.84. The molecule has 1 atom stereocenters. The Labute approximate surface area is 126 Å². The number of carbonyl (C=O) groups excluding carboxylic acids is 1. The second kappa shape index (κ2) is 8.13. The highest BCUT2D eigenvalue weighted by molar-refractivity contribution is 5.76. The Morgan fingerprint density at radius 3 is 2.81 bits per heavy atom. The van der Waals surface area contributed by atoms with Crippen LogP contribution in [0.5, 0.6) is 0 Å². The first-order valence-corrected chi connectivity index (χ1v) is 7.90. The van der Waals surface area contributed by atoms with E-state index >= 15 is 0 Å². The lowest BCUT2D eigenvalue weighted by Crippen LogP contribution is -2.44. The molecule has 1 aromatic rings. The molecule has 2 rings (SSSR count). The average Bonchev–Trinajstić information content (AvgIpc) is 2.51. The zero-order chi connectivity index (χ0) is 15.1. The zero-order valence-corrected chi connectivity index (χ0v) is 12.8. The molecule has 3 nitrogen and oxygen atoms in total. The van der Waals surface area contributed by atoms with E-state index in [2.05, 4.69) is 17.1 Å². The van der Waals surface area contributed by atoms with Gasteiger partial charge in [-0.2, -0.15) is 0 Å². The first-order chi connectivity index (χ1) is 10.1. The van der Waals surface area contributed by atoms with Crippen molar-refractivity contribution in [2.45, 2.75) is 45.1 Å². The summed E-state index contributed by atoms with van der Waals surface area (Å²) in [4.78, 5) is 14.3. The van der Waals surface area contributed by atoms with Gasteiger partial charge in [0.25, 0.3) is 0 Å². The van der Waals surface area contributed by atoms with Gasteiger partial charge in [0.05, 0.1) is 0 Å². The van der Waals surface area contributed by atoms with Gasteiger partial charge in [-0.15, -0.1) is 0 Å². The molecule has 0 bridgehead atoms. The van der Waals surface area contributed by atoms with Crippen molar-refractivity contribution < 1.29 is 9.18 Å². The number of rotatable bonds is 6. The molecule has 1 saturated heterocycles. The number of benzene rings is 1. The molecule has 1 aliphatic heterocycles. The van der Waals surface area contributed by atoms with Crippen LogP contribution in [0.4, 0.5) is 4.39 Å². The van der Waals surface area contributed by atoms with E-state index in [0.717, 1.165) is 18.7 Å². The summed E-state index contributed by atoms with van der Waals surface area (Å²) in [5.41, 5.74) is 0.870. The van der Waals surface area contributed by atoms with Gasteiger partial charge in [-0.05, 0) is 57.0 Å². The van der Waals surface area contributed by atoms with Crippen molar-refractivity contribution in [1.82, 2.24) is 10.2 Å². The number of hydrogen-bond acceptors (Lipinski definition) is 2. The van der Waals surface area contributed by atoms with Crippen LogP contribution >= 0.6 is 0 Å². The fourth-order valence-corrected chi connectivity index (χ4v) is 2.79. The molecule has 1 heterocycles. The maximum atomic E-state index is 13.0. The lowest BCUT2D eigenvalue weighted by atomic mass is 10.1. The van der Waals surface area contributed by atoms with Gasteiger partial charge in [0.1, 0.15) is 5.82 Å². The van der Waals surface area contributed by atoms with Crippen molar-refractivity contribution in [2.75, 3.05) is 19.6 Å². The van der Waals surface area contributed by atoms with Crippen LogP contribution in [-0.2, 0) is 11.2 Å². The smallest absolute Gasteiger partial charge is 0.220 e. The highest BCUT2D eigenvalue weighted by Crippen LogP contribution is 2.11. The topological polar surface area (TPSA) is 32.3 Å². The van der Waals surface area contributed by atoms with E-state index in [4.69, 9.17) is 0 Å². The van der Waals surface area contributed by atoms with Crippen LogP contribution in [0.25, 0.3) is 0 Å². The first kappa shape index (κ1) is 16.0. The molecular formula is C17H25FN2O. The Hall–Kier alpha value is -1.42. The lowest BCUT2D eigenvalue weighted by molar-refractivity contribution is -0.121. The number of aryl methyl sites for hydroxylation is 1. The molecule has 116 valence electrons. The van der Waals surface area contributed by atoms with Crippen LogP contribution in [-0.4, -0.2) is 36.5 Å². The van der Waals surface area contributed by atoms with Crippen molar-refractivity contribution in [3.63, 3.8) is 0 Å². The molecule has 0 radical (unpaired) electrons. The fourth-order valence-electron chi connectivity index (χ4n) is 2.79. The van der Waals surface area contributed by atoms with Crippen molar-refractivity contribution >= 4 is 5.91 Å². The first-order valence-electron chi connectivity index (χ1n) is 7.90. The normalized spacial score (nSPS) is 17.4. The van der Waals surface area contributed by atoms with Crippen LogP contribution in [0, 0.1) is 5.82 Å². The maximum absolute atomic E-state index is 13.0. The van der Waals surface area contributed by atoms with Crippen LogP contribution in [0.1, 0.15) is 38.2 Å². The fraction of sp³-hybridized carbons (Fsp3) is 0.588. The average molecular weight is 292 g/mol. The molecule has 1 aromatic carbocycles. The molecular weight excluding hydrogens is 267 g/mol. The number of amides is 1. The molecule has 21 heavy (non-hydrogen) atoms. The van der Waals surface area contributed by atoms with Crippen LogP contribution in [0.2, 0.25) is 0 Å². The number of nitrogens with zero attached hydrogens (tertiary/aromatic N) is 1. The predicted molar refractivity (Wildman–Crippen MR) is 82.6 cm³/mol. The Morgan fingerprint density at radius 1 is 1.33 bits per heavy atom. The molecule has 1 amide bonds. The summed E-state index contributed by atoms with van der Waals surface area (Å²) in [5.74, 6) is -0.199. The number of halogens is 1. The van der Waals surface area contributed by atoms with Crippen LogP contribution < -0.4 is 5.32 Å². The van der Waals surface area contributed by atoms with Crippen molar-refractivity contribution in [3.05, 3.63) is 35.6 Å². The van der Waals surface area contributed by atoms with Gasteiger partial charge in [0.2, 0.25) is 5.91 Å². The van der Waals surface area contributed by atoms with Gasteiger partial charge in [-0.25, -0.2) is 4.39 Å². The van der Waals surface area contributed by atoms with Gasteiger partial charge >= 0.3 is 0 Å². The molecule has 0 saturated carbocycles. The van der Waals surface area contributed by atoms with E-state index in [1.54, 1.807) is 6.07 Å². The molecule has 4 heteroatoms. The Balaban J connectivity index is 1.67. The third-order valence-corrected chi connectivity index (χ3v) is 4.14. The van der Waals surface area contributed by atoms with Crippen LogP contribution in [0.3, 0.4) is 0 Å².